The topological polar surface area (TPSA) is 58.2 Å². The van der Waals surface area contributed by atoms with Crippen LogP contribution in [0.15, 0.2) is 29.2 Å². The summed E-state index contributed by atoms with van der Waals surface area (Å²) in [6.45, 7) is 0.528. The second-order valence-corrected chi connectivity index (χ2v) is 4.97. The fourth-order valence-corrected chi connectivity index (χ4v) is 2.08. The van der Waals surface area contributed by atoms with E-state index in [1.165, 1.54) is 0 Å². The van der Waals surface area contributed by atoms with Gasteiger partial charge < -0.3 is 10.6 Å². The van der Waals surface area contributed by atoms with Crippen LogP contribution in [0.1, 0.15) is 18.4 Å². The highest BCUT2D eigenvalue weighted by Gasteiger charge is 2.19. The van der Waals surface area contributed by atoms with Gasteiger partial charge in [0, 0.05) is 23.9 Å². The van der Waals surface area contributed by atoms with Gasteiger partial charge in [0.15, 0.2) is 0 Å². The average Bonchev–Trinajstić information content (AvgIpc) is 2.35. The second-order valence-electron chi connectivity index (χ2n) is 4.45. The average molecular weight is 264 g/mol. The number of hydrogen-bond donors (Lipinski definition) is 3. The van der Waals surface area contributed by atoms with Crippen molar-refractivity contribution in [2.45, 2.75) is 30.2 Å². The molecule has 1 aliphatic heterocycles. The summed E-state index contributed by atoms with van der Waals surface area (Å²) in [5.74, 6) is 0.0490. The van der Waals surface area contributed by atoms with Gasteiger partial charge in [-0.1, -0.05) is 12.1 Å². The first-order valence-electron chi connectivity index (χ1n) is 5.97. The fraction of sp³-hybridized carbons (Fsp3) is 0.385. The third kappa shape index (κ3) is 3.77. The van der Waals surface area contributed by atoms with Gasteiger partial charge in [-0.15, -0.1) is 12.6 Å². The molecule has 1 unspecified atom stereocenters. The molecule has 1 fully saturated rings. The van der Waals surface area contributed by atoms with E-state index in [4.69, 9.17) is 0 Å². The van der Waals surface area contributed by atoms with Crippen LogP contribution in [0.5, 0.6) is 0 Å². The van der Waals surface area contributed by atoms with Gasteiger partial charge >= 0.3 is 0 Å². The normalized spacial score (nSPS) is 19.2. The molecule has 96 valence electrons. The lowest BCUT2D eigenvalue weighted by molar-refractivity contribution is -0.125. The number of nitrogens with one attached hydrogen (secondary N) is 2. The van der Waals surface area contributed by atoms with E-state index < -0.39 is 0 Å². The monoisotopic (exact) mass is 264 g/mol. The highest BCUT2D eigenvalue weighted by atomic mass is 32.1. The van der Waals surface area contributed by atoms with Gasteiger partial charge in [-0.05, 0) is 24.1 Å². The van der Waals surface area contributed by atoms with Crippen LogP contribution in [0.2, 0.25) is 0 Å². The minimum atomic E-state index is -0.0111. The molecule has 4 nitrogen and oxygen atoms in total. The summed E-state index contributed by atoms with van der Waals surface area (Å²) in [5, 5.41) is 5.67. The molecule has 2 amide bonds. The van der Waals surface area contributed by atoms with E-state index in [1.807, 2.05) is 24.3 Å². The molecule has 2 N–H and O–H groups in total. The Bertz CT molecular complexity index is 435. The third-order valence-electron chi connectivity index (χ3n) is 2.93. The zero-order chi connectivity index (χ0) is 13.0. The molecule has 1 atom stereocenters. The molecule has 0 aromatic heterocycles. The van der Waals surface area contributed by atoms with Crippen molar-refractivity contribution in [2.24, 2.45) is 0 Å². The maximum atomic E-state index is 11.8. The first kappa shape index (κ1) is 13.0. The number of thiol groups is 1. The van der Waals surface area contributed by atoms with E-state index in [9.17, 15) is 9.59 Å². The highest BCUT2D eigenvalue weighted by molar-refractivity contribution is 7.80. The van der Waals surface area contributed by atoms with Crippen LogP contribution in [0.4, 0.5) is 0 Å². The third-order valence-corrected chi connectivity index (χ3v) is 3.23. The quantitative estimate of drug-likeness (QED) is 0.711. The van der Waals surface area contributed by atoms with Crippen LogP contribution in [0.25, 0.3) is 0 Å². The second kappa shape index (κ2) is 5.91. The van der Waals surface area contributed by atoms with Gasteiger partial charge in [0.05, 0.1) is 6.42 Å². The molecule has 18 heavy (non-hydrogen) atoms. The Morgan fingerprint density at radius 3 is 2.72 bits per heavy atom. The van der Waals surface area contributed by atoms with Crippen LogP contribution in [0.3, 0.4) is 0 Å². The number of hydrogen-bond acceptors (Lipinski definition) is 3. The molecule has 0 saturated carbocycles. The van der Waals surface area contributed by atoms with Gasteiger partial charge in [-0.25, -0.2) is 0 Å². The van der Waals surface area contributed by atoms with Crippen LogP contribution in [0, 0.1) is 0 Å². The zero-order valence-electron chi connectivity index (χ0n) is 9.98. The minimum absolute atomic E-state index is 0.0111. The van der Waals surface area contributed by atoms with Crippen molar-refractivity contribution in [2.75, 3.05) is 6.54 Å². The summed E-state index contributed by atoms with van der Waals surface area (Å²) in [6, 6.07) is 7.58. The molecule has 0 aliphatic carbocycles. The van der Waals surface area contributed by atoms with Crippen LogP contribution in [-0.2, 0) is 16.0 Å². The molecule has 2 rings (SSSR count). The predicted octanol–water partition coefficient (Wildman–Crippen LogP) is 0.913. The van der Waals surface area contributed by atoms with Crippen LogP contribution >= 0.6 is 12.6 Å². The molecule has 1 heterocycles. The summed E-state index contributed by atoms with van der Waals surface area (Å²) in [5.41, 5.74) is 0.963. The SMILES string of the molecule is O=C1CCC(NC(=O)Cc2ccc(S)cc2)CN1. The zero-order valence-corrected chi connectivity index (χ0v) is 10.9. The van der Waals surface area contributed by atoms with E-state index in [1.54, 1.807) is 0 Å². The van der Waals surface area contributed by atoms with Gasteiger partial charge in [-0.2, -0.15) is 0 Å². The molecule has 0 radical (unpaired) electrons. The molecule has 1 aliphatic rings. The van der Waals surface area contributed by atoms with Crippen molar-refractivity contribution in [1.82, 2.24) is 10.6 Å². The van der Waals surface area contributed by atoms with Crippen molar-refractivity contribution < 1.29 is 9.59 Å². The van der Waals surface area contributed by atoms with Gasteiger partial charge in [0.1, 0.15) is 0 Å². The van der Waals surface area contributed by atoms with Crippen molar-refractivity contribution in [3.63, 3.8) is 0 Å². The summed E-state index contributed by atoms with van der Waals surface area (Å²) in [4.78, 5) is 23.7. The van der Waals surface area contributed by atoms with Crippen molar-refractivity contribution in [3.05, 3.63) is 29.8 Å². The molecule has 1 aromatic carbocycles. The maximum Gasteiger partial charge on any atom is 0.224 e. The van der Waals surface area contributed by atoms with E-state index in [0.717, 1.165) is 10.5 Å². The Labute approximate surface area is 112 Å². The molecular weight excluding hydrogens is 248 g/mol. The van der Waals surface area contributed by atoms with E-state index in [0.29, 0.717) is 25.8 Å². The molecule has 0 bridgehead atoms. The van der Waals surface area contributed by atoms with Crippen LogP contribution in [-0.4, -0.2) is 24.4 Å². The Morgan fingerprint density at radius 1 is 1.39 bits per heavy atom. The van der Waals surface area contributed by atoms with E-state index in [-0.39, 0.29) is 17.9 Å². The highest BCUT2D eigenvalue weighted by Crippen LogP contribution is 2.09. The van der Waals surface area contributed by atoms with Crippen molar-refractivity contribution >= 4 is 24.4 Å². The Hall–Kier alpha value is -1.49. The summed E-state index contributed by atoms with van der Waals surface area (Å²) in [6.07, 6.45) is 1.56. The molecule has 1 saturated heterocycles. The Morgan fingerprint density at radius 2 is 2.11 bits per heavy atom. The minimum Gasteiger partial charge on any atom is -0.354 e. The number of piperidine rings is 1. The largest absolute Gasteiger partial charge is 0.354 e. The maximum absolute atomic E-state index is 11.8. The number of amides is 2. The van der Waals surface area contributed by atoms with E-state index >= 15 is 0 Å². The Balaban J connectivity index is 1.81. The molecule has 1 aromatic rings. The number of carbonyl (C=O) groups is 2. The standard InChI is InChI=1S/C13H16N2O2S/c16-12-6-3-10(8-14-12)15-13(17)7-9-1-4-11(18)5-2-9/h1-2,4-5,10,18H,3,6-8H2,(H,14,16)(H,15,17). The summed E-state index contributed by atoms with van der Waals surface area (Å²) >= 11 is 4.20. The smallest absolute Gasteiger partial charge is 0.224 e. The number of rotatable bonds is 3. The first-order chi connectivity index (χ1) is 8.63. The lowest BCUT2D eigenvalue weighted by Gasteiger charge is -2.23. The molecular formula is C13H16N2O2S. The first-order valence-corrected chi connectivity index (χ1v) is 6.42. The number of carbonyl (C=O) groups excluding carboxylic acids is 2. The fourth-order valence-electron chi connectivity index (χ4n) is 1.93. The van der Waals surface area contributed by atoms with Crippen molar-refractivity contribution in [1.29, 1.82) is 0 Å². The van der Waals surface area contributed by atoms with Gasteiger partial charge in [0.25, 0.3) is 0 Å². The summed E-state index contributed by atoms with van der Waals surface area (Å²) < 4.78 is 0. The Kier molecular flexibility index (Phi) is 4.25. The molecule has 5 heteroatoms. The lowest BCUT2D eigenvalue weighted by Crippen LogP contribution is -2.48. The van der Waals surface area contributed by atoms with Crippen LogP contribution < -0.4 is 10.6 Å². The van der Waals surface area contributed by atoms with Crippen molar-refractivity contribution in [3.8, 4) is 0 Å². The number of benzene rings is 1. The lowest BCUT2D eigenvalue weighted by atomic mass is 10.1. The van der Waals surface area contributed by atoms with Gasteiger partial charge in [0.2, 0.25) is 11.8 Å². The molecule has 0 spiro atoms. The predicted molar refractivity (Wildman–Crippen MR) is 71.6 cm³/mol. The van der Waals surface area contributed by atoms with Gasteiger partial charge in [-0.3, -0.25) is 9.59 Å². The summed E-state index contributed by atoms with van der Waals surface area (Å²) in [7, 11) is 0. The van der Waals surface area contributed by atoms with E-state index in [2.05, 4.69) is 23.3 Å².